The number of hydrogen-bond acceptors (Lipinski definition) is 5. The molecule has 2 aromatic rings. The number of hydrogen-bond donors (Lipinski definition) is 2. The number of carboxylic acids is 1. The highest BCUT2D eigenvalue weighted by Crippen LogP contribution is 2.40. The number of carboxylic acid groups (broad SMARTS) is 1. The van der Waals surface area contributed by atoms with E-state index in [1.807, 2.05) is 0 Å². The van der Waals surface area contributed by atoms with Crippen LogP contribution in [0.1, 0.15) is 40.9 Å². The van der Waals surface area contributed by atoms with Gasteiger partial charge in [-0.15, -0.1) is 0 Å². The molecule has 1 unspecified atom stereocenters. The monoisotopic (exact) mass is 348 g/mol. The lowest BCUT2D eigenvalue weighted by Gasteiger charge is -2.15. The van der Waals surface area contributed by atoms with E-state index in [1.165, 1.54) is 12.1 Å². The fourth-order valence-electron chi connectivity index (χ4n) is 2.26. The minimum atomic E-state index is -1.32. The normalized spacial score (nSPS) is 14.8. The predicted octanol–water partition coefficient (Wildman–Crippen LogP) is 2.26. The van der Waals surface area contributed by atoms with E-state index in [2.05, 4.69) is 10.3 Å². The first-order chi connectivity index (χ1) is 11.9. The maximum atomic E-state index is 12.9. The summed E-state index contributed by atoms with van der Waals surface area (Å²) in [5.41, 5.74) is 0.464. The van der Waals surface area contributed by atoms with Crippen LogP contribution in [0.3, 0.4) is 0 Å². The van der Waals surface area contributed by atoms with Gasteiger partial charge in [-0.3, -0.25) is 4.79 Å². The largest absolute Gasteiger partial charge is 0.478 e. The number of ether oxygens (including phenoxy) is 1. The molecular weight excluding hydrogens is 331 g/mol. The van der Waals surface area contributed by atoms with E-state index in [-0.39, 0.29) is 24.0 Å². The van der Waals surface area contributed by atoms with Crippen molar-refractivity contribution in [3.05, 3.63) is 47.4 Å². The second kappa shape index (κ2) is 6.92. The van der Waals surface area contributed by atoms with Crippen LogP contribution in [0.5, 0.6) is 5.75 Å². The van der Waals surface area contributed by atoms with E-state index in [4.69, 9.17) is 9.15 Å². The van der Waals surface area contributed by atoms with E-state index in [1.54, 1.807) is 6.92 Å². The maximum absolute atomic E-state index is 12.9. The van der Waals surface area contributed by atoms with Crippen molar-refractivity contribution in [1.29, 1.82) is 0 Å². The third kappa shape index (κ3) is 4.14. The molecule has 1 aromatic carbocycles. The zero-order chi connectivity index (χ0) is 18.0. The van der Waals surface area contributed by atoms with Crippen LogP contribution in [0, 0.1) is 12.7 Å². The first-order valence-electron chi connectivity index (χ1n) is 7.84. The average molecular weight is 348 g/mol. The topological polar surface area (TPSA) is 102 Å². The summed E-state index contributed by atoms with van der Waals surface area (Å²) in [4.78, 5) is 27.7. The standard InChI is InChI=1S/C17H17FN2O5/c1-9-14(25-16(20-9)10-2-3-10)15(21)19-8-13(17(22)23)24-12-6-4-11(18)5-7-12/h4-7,10,13H,2-3,8H2,1H3,(H,19,21)(H,22,23). The third-order valence-corrected chi connectivity index (χ3v) is 3.76. The molecule has 1 heterocycles. The Hall–Kier alpha value is -2.90. The number of aromatic nitrogens is 1. The number of rotatable bonds is 7. The van der Waals surface area contributed by atoms with Gasteiger partial charge in [-0.25, -0.2) is 14.2 Å². The van der Waals surface area contributed by atoms with Crippen molar-refractivity contribution in [1.82, 2.24) is 10.3 Å². The number of amides is 1. The molecule has 1 amide bonds. The summed E-state index contributed by atoms with van der Waals surface area (Å²) >= 11 is 0. The highest BCUT2D eigenvalue weighted by molar-refractivity contribution is 5.92. The Morgan fingerprint density at radius 2 is 2.08 bits per heavy atom. The molecule has 132 valence electrons. The lowest BCUT2D eigenvalue weighted by Crippen LogP contribution is -2.40. The Labute approximate surface area is 142 Å². The quantitative estimate of drug-likeness (QED) is 0.796. The van der Waals surface area contributed by atoms with Crippen molar-refractivity contribution in [3.8, 4) is 5.75 Å². The second-order valence-corrected chi connectivity index (χ2v) is 5.85. The molecule has 7 nitrogen and oxygen atoms in total. The average Bonchev–Trinajstić information content (AvgIpc) is 3.35. The Bertz CT molecular complexity index is 783. The first kappa shape index (κ1) is 16.9. The highest BCUT2D eigenvalue weighted by atomic mass is 19.1. The number of halogens is 1. The van der Waals surface area contributed by atoms with Crippen molar-refractivity contribution < 1.29 is 28.2 Å². The molecule has 1 saturated carbocycles. The van der Waals surface area contributed by atoms with Gasteiger partial charge in [-0.05, 0) is 44.0 Å². The summed E-state index contributed by atoms with van der Waals surface area (Å²) in [5, 5.41) is 11.7. The minimum Gasteiger partial charge on any atom is -0.478 e. The number of nitrogens with zero attached hydrogens (tertiary/aromatic N) is 1. The van der Waals surface area contributed by atoms with Gasteiger partial charge in [-0.1, -0.05) is 0 Å². The molecular formula is C17H17FN2O5. The van der Waals surface area contributed by atoms with Gasteiger partial charge in [0.25, 0.3) is 5.91 Å². The smallest absolute Gasteiger partial charge is 0.346 e. The van der Waals surface area contributed by atoms with Gasteiger partial charge < -0.3 is 19.6 Å². The van der Waals surface area contributed by atoms with Gasteiger partial charge in [0.05, 0.1) is 12.2 Å². The van der Waals surface area contributed by atoms with Crippen LogP contribution in [0.4, 0.5) is 4.39 Å². The van der Waals surface area contributed by atoms with Crippen molar-refractivity contribution in [3.63, 3.8) is 0 Å². The van der Waals surface area contributed by atoms with Gasteiger partial charge in [0.15, 0.2) is 5.89 Å². The second-order valence-electron chi connectivity index (χ2n) is 5.85. The van der Waals surface area contributed by atoms with Crippen LogP contribution in [0.25, 0.3) is 0 Å². The van der Waals surface area contributed by atoms with E-state index in [0.29, 0.717) is 11.6 Å². The molecule has 1 fully saturated rings. The Balaban J connectivity index is 1.61. The van der Waals surface area contributed by atoms with Gasteiger partial charge >= 0.3 is 5.97 Å². The van der Waals surface area contributed by atoms with E-state index in [0.717, 1.165) is 25.0 Å². The number of carbonyl (C=O) groups is 2. The third-order valence-electron chi connectivity index (χ3n) is 3.76. The predicted molar refractivity (Wildman–Crippen MR) is 84.0 cm³/mol. The van der Waals surface area contributed by atoms with Crippen molar-refractivity contribution >= 4 is 11.9 Å². The fraction of sp³-hybridized carbons (Fsp3) is 0.353. The molecule has 0 aliphatic heterocycles. The van der Waals surface area contributed by atoms with Crippen LogP contribution in [-0.4, -0.2) is 34.6 Å². The zero-order valence-electron chi connectivity index (χ0n) is 13.5. The lowest BCUT2D eigenvalue weighted by atomic mass is 10.3. The fourth-order valence-corrected chi connectivity index (χ4v) is 2.26. The molecule has 1 aliphatic carbocycles. The number of nitrogens with one attached hydrogen (secondary N) is 1. The molecule has 3 rings (SSSR count). The molecule has 0 bridgehead atoms. The van der Waals surface area contributed by atoms with Crippen LogP contribution in [0.2, 0.25) is 0 Å². The van der Waals surface area contributed by atoms with Crippen molar-refractivity contribution in [2.24, 2.45) is 0 Å². The minimum absolute atomic E-state index is 0.0767. The maximum Gasteiger partial charge on any atom is 0.346 e. The molecule has 1 aromatic heterocycles. The molecule has 0 saturated heterocycles. The first-order valence-corrected chi connectivity index (χ1v) is 7.84. The van der Waals surface area contributed by atoms with Gasteiger partial charge in [0.1, 0.15) is 11.6 Å². The molecule has 8 heteroatoms. The molecule has 2 N–H and O–H groups in total. The molecule has 25 heavy (non-hydrogen) atoms. The van der Waals surface area contributed by atoms with Crippen LogP contribution >= 0.6 is 0 Å². The summed E-state index contributed by atoms with van der Waals surface area (Å²) < 4.78 is 23.6. The molecule has 1 atom stereocenters. The Morgan fingerprint density at radius 3 is 2.68 bits per heavy atom. The molecule has 1 aliphatic rings. The molecule has 0 spiro atoms. The van der Waals surface area contributed by atoms with Crippen LogP contribution in [-0.2, 0) is 4.79 Å². The van der Waals surface area contributed by atoms with E-state index in [9.17, 15) is 19.1 Å². The summed E-state index contributed by atoms with van der Waals surface area (Å²) in [6, 6.07) is 4.94. The van der Waals surface area contributed by atoms with E-state index >= 15 is 0 Å². The zero-order valence-corrected chi connectivity index (χ0v) is 13.5. The van der Waals surface area contributed by atoms with Crippen molar-refractivity contribution in [2.45, 2.75) is 31.8 Å². The van der Waals surface area contributed by atoms with Gasteiger partial charge in [-0.2, -0.15) is 0 Å². The number of oxazole rings is 1. The van der Waals surface area contributed by atoms with Gasteiger partial charge in [0.2, 0.25) is 11.9 Å². The lowest BCUT2D eigenvalue weighted by molar-refractivity contribution is -0.144. The highest BCUT2D eigenvalue weighted by Gasteiger charge is 2.31. The summed E-state index contributed by atoms with van der Waals surface area (Å²) in [6.07, 6.45) is 0.668. The Kier molecular flexibility index (Phi) is 4.69. The number of aliphatic carboxylic acids is 1. The summed E-state index contributed by atoms with van der Waals surface area (Å²) in [6.45, 7) is 1.39. The van der Waals surface area contributed by atoms with E-state index < -0.39 is 23.8 Å². The van der Waals surface area contributed by atoms with Crippen LogP contribution in [0.15, 0.2) is 28.7 Å². The summed E-state index contributed by atoms with van der Waals surface area (Å²) in [7, 11) is 0. The van der Waals surface area contributed by atoms with Crippen LogP contribution < -0.4 is 10.1 Å². The SMILES string of the molecule is Cc1nc(C2CC2)oc1C(=O)NCC(Oc1ccc(F)cc1)C(=O)O. The number of aryl methyl sites for hydroxylation is 1. The number of benzene rings is 1. The number of carbonyl (C=O) groups excluding carboxylic acids is 1. The van der Waals surface area contributed by atoms with Crippen molar-refractivity contribution in [2.75, 3.05) is 6.54 Å². The molecule has 0 radical (unpaired) electrons. The Morgan fingerprint density at radius 1 is 1.40 bits per heavy atom. The van der Waals surface area contributed by atoms with Gasteiger partial charge in [0, 0.05) is 5.92 Å². The summed E-state index contributed by atoms with van der Waals surface area (Å²) in [5.74, 6) is -1.18.